The molecular formula is C12H14N2O4. The lowest BCUT2D eigenvalue weighted by atomic mass is 10.1. The van der Waals surface area contributed by atoms with Crippen LogP contribution in [0.3, 0.4) is 0 Å². The fourth-order valence-corrected chi connectivity index (χ4v) is 1.37. The third-order valence-electron chi connectivity index (χ3n) is 2.17. The topological polar surface area (TPSA) is 98.5 Å². The maximum Gasteiger partial charge on any atom is 0.248 e. The van der Waals surface area contributed by atoms with Crippen molar-refractivity contribution in [3.8, 4) is 5.75 Å². The van der Waals surface area contributed by atoms with E-state index in [1.54, 1.807) is 0 Å². The van der Waals surface area contributed by atoms with Crippen molar-refractivity contribution in [3.63, 3.8) is 0 Å². The van der Waals surface area contributed by atoms with E-state index in [0.29, 0.717) is 11.4 Å². The number of anilines is 1. The van der Waals surface area contributed by atoms with Gasteiger partial charge in [-0.1, -0.05) is 0 Å². The molecule has 0 radical (unpaired) electrons. The summed E-state index contributed by atoms with van der Waals surface area (Å²) in [6.07, 6.45) is -0.208. The number of nitrogens with one attached hydrogen (secondary N) is 1. The summed E-state index contributed by atoms with van der Waals surface area (Å²) in [5.41, 5.74) is 5.79. The molecule has 3 N–H and O–H groups in total. The fraction of sp³-hybridized carbons (Fsp3) is 0.250. The monoisotopic (exact) mass is 250 g/mol. The van der Waals surface area contributed by atoms with E-state index in [-0.39, 0.29) is 17.8 Å². The van der Waals surface area contributed by atoms with Gasteiger partial charge in [-0.2, -0.15) is 0 Å². The Morgan fingerprint density at radius 2 is 2.00 bits per heavy atom. The predicted octanol–water partition coefficient (Wildman–Crippen LogP) is 0.712. The molecule has 18 heavy (non-hydrogen) atoms. The maximum absolute atomic E-state index is 11.4. The van der Waals surface area contributed by atoms with Gasteiger partial charge in [0.1, 0.15) is 11.5 Å². The Kier molecular flexibility index (Phi) is 4.42. The minimum Gasteiger partial charge on any atom is -0.495 e. The Hall–Kier alpha value is -2.37. The quantitative estimate of drug-likeness (QED) is 0.752. The van der Waals surface area contributed by atoms with Crippen molar-refractivity contribution in [2.45, 2.75) is 13.3 Å². The van der Waals surface area contributed by atoms with E-state index in [1.807, 2.05) is 0 Å². The highest BCUT2D eigenvalue weighted by molar-refractivity contribution is 6.04. The first-order valence-electron chi connectivity index (χ1n) is 5.21. The number of hydrogen-bond donors (Lipinski definition) is 2. The number of nitrogens with two attached hydrogens (primary N) is 1. The van der Waals surface area contributed by atoms with Gasteiger partial charge < -0.3 is 15.8 Å². The van der Waals surface area contributed by atoms with Crippen molar-refractivity contribution in [1.82, 2.24) is 0 Å². The number of Topliss-reactive ketones (excluding diaryl/α,β-unsaturated/α-hetero) is 1. The Labute approximate surface area is 104 Å². The van der Waals surface area contributed by atoms with Crippen LogP contribution < -0.4 is 15.8 Å². The van der Waals surface area contributed by atoms with E-state index in [4.69, 9.17) is 10.5 Å². The van der Waals surface area contributed by atoms with E-state index in [2.05, 4.69) is 5.32 Å². The predicted molar refractivity (Wildman–Crippen MR) is 65.4 cm³/mol. The van der Waals surface area contributed by atoms with Gasteiger partial charge >= 0.3 is 0 Å². The molecule has 1 aromatic carbocycles. The molecule has 6 nitrogen and oxygen atoms in total. The average molecular weight is 250 g/mol. The van der Waals surface area contributed by atoms with Gasteiger partial charge in [-0.3, -0.25) is 14.4 Å². The summed E-state index contributed by atoms with van der Waals surface area (Å²) in [6, 6.07) is 4.39. The number of amides is 2. The highest BCUT2D eigenvalue weighted by atomic mass is 16.5. The average Bonchev–Trinajstić information content (AvgIpc) is 2.27. The minimum atomic E-state index is -0.588. The van der Waals surface area contributed by atoms with Crippen LogP contribution in [0.5, 0.6) is 5.75 Å². The highest BCUT2D eigenvalue weighted by Gasteiger charge is 2.11. The lowest BCUT2D eigenvalue weighted by molar-refractivity contribution is -0.124. The molecule has 0 bridgehead atoms. The molecule has 96 valence electrons. The fourth-order valence-electron chi connectivity index (χ4n) is 1.37. The number of ketones is 1. The van der Waals surface area contributed by atoms with Crippen LogP contribution in [-0.2, 0) is 9.59 Å². The molecule has 0 saturated heterocycles. The van der Waals surface area contributed by atoms with Gasteiger partial charge in [0.15, 0.2) is 0 Å². The van der Waals surface area contributed by atoms with E-state index in [9.17, 15) is 14.4 Å². The summed E-state index contributed by atoms with van der Waals surface area (Å²) in [5, 5.41) is 2.52. The zero-order valence-electron chi connectivity index (χ0n) is 10.1. The summed E-state index contributed by atoms with van der Waals surface area (Å²) >= 11 is 0. The van der Waals surface area contributed by atoms with Crippen LogP contribution in [0.4, 0.5) is 5.69 Å². The second-order valence-electron chi connectivity index (χ2n) is 3.71. The Morgan fingerprint density at radius 3 is 2.50 bits per heavy atom. The molecule has 0 fully saturated rings. The number of benzene rings is 1. The normalized spacial score (nSPS) is 9.67. The Morgan fingerprint density at radius 1 is 1.33 bits per heavy atom. The standard InChI is InChI=1S/C12H14N2O4/c1-7(15)5-11(16)14-9-4-3-8(12(13)17)6-10(9)18-2/h3-4,6H,5H2,1-2H3,(H2,13,17)(H,14,16). The van der Waals surface area contributed by atoms with Crippen LogP contribution in [0.25, 0.3) is 0 Å². The summed E-state index contributed by atoms with van der Waals surface area (Å²) in [4.78, 5) is 33.2. The third-order valence-corrected chi connectivity index (χ3v) is 2.17. The molecule has 1 rings (SSSR count). The van der Waals surface area contributed by atoms with Crippen LogP contribution in [0.1, 0.15) is 23.7 Å². The lowest BCUT2D eigenvalue weighted by Crippen LogP contribution is -2.16. The summed E-state index contributed by atoms with van der Waals surface area (Å²) < 4.78 is 5.03. The lowest BCUT2D eigenvalue weighted by Gasteiger charge is -2.10. The molecule has 0 heterocycles. The maximum atomic E-state index is 11.4. The van der Waals surface area contributed by atoms with E-state index < -0.39 is 11.8 Å². The van der Waals surface area contributed by atoms with Crippen LogP contribution in [0.2, 0.25) is 0 Å². The summed E-state index contributed by atoms with van der Waals surface area (Å²) in [7, 11) is 1.40. The zero-order chi connectivity index (χ0) is 13.7. The largest absolute Gasteiger partial charge is 0.495 e. The van der Waals surface area contributed by atoms with Crippen molar-refractivity contribution < 1.29 is 19.1 Å². The molecule has 0 aliphatic rings. The molecule has 0 spiro atoms. The van der Waals surface area contributed by atoms with Crippen LogP contribution in [0.15, 0.2) is 18.2 Å². The molecule has 0 aromatic heterocycles. The first-order valence-corrected chi connectivity index (χ1v) is 5.21. The number of primary amides is 1. The number of ether oxygens (including phenoxy) is 1. The second-order valence-corrected chi connectivity index (χ2v) is 3.71. The van der Waals surface area contributed by atoms with Gasteiger partial charge in [0.2, 0.25) is 11.8 Å². The minimum absolute atomic E-state index is 0.208. The van der Waals surface area contributed by atoms with Crippen LogP contribution in [0, 0.1) is 0 Å². The van der Waals surface area contributed by atoms with E-state index in [1.165, 1.54) is 32.2 Å². The second kappa shape index (κ2) is 5.81. The molecular weight excluding hydrogens is 236 g/mol. The van der Waals surface area contributed by atoms with Crippen molar-refractivity contribution in [1.29, 1.82) is 0 Å². The van der Waals surface area contributed by atoms with Crippen LogP contribution in [-0.4, -0.2) is 24.7 Å². The number of carbonyl (C=O) groups excluding carboxylic acids is 3. The molecule has 0 aliphatic carbocycles. The number of carbonyl (C=O) groups is 3. The van der Waals surface area contributed by atoms with Gasteiger partial charge in [-0.15, -0.1) is 0 Å². The molecule has 6 heteroatoms. The summed E-state index contributed by atoms with van der Waals surface area (Å²) in [5.74, 6) is -0.953. The van der Waals surface area contributed by atoms with Crippen molar-refractivity contribution in [3.05, 3.63) is 23.8 Å². The van der Waals surface area contributed by atoms with Crippen molar-refractivity contribution in [2.75, 3.05) is 12.4 Å². The van der Waals surface area contributed by atoms with Gasteiger partial charge in [-0.25, -0.2) is 0 Å². The van der Waals surface area contributed by atoms with E-state index in [0.717, 1.165) is 0 Å². The first-order chi connectivity index (χ1) is 8.43. The zero-order valence-corrected chi connectivity index (χ0v) is 10.1. The number of hydrogen-bond acceptors (Lipinski definition) is 4. The van der Waals surface area contributed by atoms with E-state index >= 15 is 0 Å². The molecule has 0 atom stereocenters. The molecule has 0 aliphatic heterocycles. The SMILES string of the molecule is COc1cc(C(N)=O)ccc1NC(=O)CC(C)=O. The number of methoxy groups -OCH3 is 1. The smallest absolute Gasteiger partial charge is 0.248 e. The Bertz CT molecular complexity index is 497. The molecule has 1 aromatic rings. The van der Waals surface area contributed by atoms with Gasteiger partial charge in [0.25, 0.3) is 0 Å². The third kappa shape index (κ3) is 3.58. The van der Waals surface area contributed by atoms with Gasteiger partial charge in [-0.05, 0) is 25.1 Å². The first kappa shape index (κ1) is 13.7. The molecule has 2 amide bonds. The highest BCUT2D eigenvalue weighted by Crippen LogP contribution is 2.25. The van der Waals surface area contributed by atoms with Crippen molar-refractivity contribution in [2.24, 2.45) is 5.73 Å². The number of rotatable bonds is 5. The van der Waals surface area contributed by atoms with Gasteiger partial charge in [0.05, 0.1) is 19.2 Å². The molecule has 0 saturated carbocycles. The molecule has 0 unspecified atom stereocenters. The summed E-state index contributed by atoms with van der Waals surface area (Å²) in [6.45, 7) is 1.33. The van der Waals surface area contributed by atoms with Crippen molar-refractivity contribution >= 4 is 23.3 Å². The van der Waals surface area contributed by atoms with Gasteiger partial charge in [0, 0.05) is 5.56 Å². The van der Waals surface area contributed by atoms with Crippen LogP contribution >= 0.6 is 0 Å². The Balaban J connectivity index is 2.92.